The molecule has 0 amide bonds. The molecule has 0 radical (unpaired) electrons. The molecule has 4 heterocycles. The summed E-state index contributed by atoms with van der Waals surface area (Å²) in [6, 6.07) is 8.10. The first-order valence-electron chi connectivity index (χ1n) is 10.7. The molecule has 2 bridgehead atoms. The summed E-state index contributed by atoms with van der Waals surface area (Å²) < 4.78 is 24.5. The van der Waals surface area contributed by atoms with Gasteiger partial charge in [-0.25, -0.2) is 4.21 Å². The Kier molecular flexibility index (Phi) is 6.02. The predicted octanol–water partition coefficient (Wildman–Crippen LogP) is 4.66. The van der Waals surface area contributed by atoms with Crippen LogP contribution in [0.5, 0.6) is 5.75 Å². The molecule has 30 heavy (non-hydrogen) atoms. The monoisotopic (exact) mass is 428 g/mol. The number of rotatable bonds is 6. The standard InChI is InChI=1S/C24H32N2O3S/c1-6-16-15-26-12-10-17(16)13-22(26)23(29-30(27)24(2,3)4)19-9-11-25-21-8-7-18(28-5)14-20(19)21/h6-9,11,14,16-17,22-23H,1,10,12-13,15H2,2-5H3/t16-,17-,22-,23+,30?/m0/s1. The van der Waals surface area contributed by atoms with Crippen molar-refractivity contribution in [1.82, 2.24) is 9.88 Å². The van der Waals surface area contributed by atoms with Crippen molar-refractivity contribution in [2.24, 2.45) is 11.8 Å². The van der Waals surface area contributed by atoms with Crippen molar-refractivity contribution in [3.8, 4) is 5.75 Å². The van der Waals surface area contributed by atoms with E-state index in [4.69, 9.17) is 8.92 Å². The molecule has 3 saturated heterocycles. The van der Waals surface area contributed by atoms with Gasteiger partial charge in [-0.3, -0.25) is 14.1 Å². The van der Waals surface area contributed by atoms with E-state index in [1.165, 1.54) is 6.42 Å². The van der Waals surface area contributed by atoms with E-state index in [-0.39, 0.29) is 12.1 Å². The van der Waals surface area contributed by atoms with Crippen molar-refractivity contribution in [3.05, 3.63) is 48.7 Å². The Balaban J connectivity index is 1.78. The largest absolute Gasteiger partial charge is 0.497 e. The zero-order chi connectivity index (χ0) is 21.5. The number of piperidine rings is 3. The molecular formula is C24H32N2O3S. The molecule has 162 valence electrons. The minimum Gasteiger partial charge on any atom is -0.497 e. The third-order valence-electron chi connectivity index (χ3n) is 6.48. The Morgan fingerprint density at radius 2 is 2.13 bits per heavy atom. The summed E-state index contributed by atoms with van der Waals surface area (Å²) in [5.74, 6) is 1.91. The summed E-state index contributed by atoms with van der Waals surface area (Å²) in [6.45, 7) is 11.9. The van der Waals surface area contributed by atoms with Crippen LogP contribution in [0.15, 0.2) is 43.1 Å². The van der Waals surface area contributed by atoms with Gasteiger partial charge in [0, 0.05) is 24.2 Å². The van der Waals surface area contributed by atoms with Crippen LogP contribution in [0.4, 0.5) is 0 Å². The second-order valence-corrected chi connectivity index (χ2v) is 11.3. The van der Waals surface area contributed by atoms with E-state index in [9.17, 15) is 4.21 Å². The van der Waals surface area contributed by atoms with Crippen molar-refractivity contribution in [3.63, 3.8) is 0 Å². The van der Waals surface area contributed by atoms with Crippen LogP contribution < -0.4 is 4.74 Å². The fraction of sp³-hybridized carbons (Fsp3) is 0.542. The van der Waals surface area contributed by atoms with Gasteiger partial charge < -0.3 is 4.74 Å². The molecule has 0 aliphatic carbocycles. The van der Waals surface area contributed by atoms with Crippen LogP contribution in [0, 0.1) is 11.8 Å². The second-order valence-electron chi connectivity index (χ2n) is 9.39. The Labute approximate surface area is 182 Å². The first-order chi connectivity index (χ1) is 14.3. The van der Waals surface area contributed by atoms with E-state index < -0.39 is 15.8 Å². The smallest absolute Gasteiger partial charge is 0.161 e. The van der Waals surface area contributed by atoms with Gasteiger partial charge in [0.1, 0.15) is 11.9 Å². The third kappa shape index (κ3) is 4.05. The minimum atomic E-state index is -1.43. The van der Waals surface area contributed by atoms with Crippen LogP contribution in [-0.2, 0) is 15.3 Å². The van der Waals surface area contributed by atoms with E-state index >= 15 is 0 Å². The predicted molar refractivity (Wildman–Crippen MR) is 122 cm³/mol. The van der Waals surface area contributed by atoms with Crippen molar-refractivity contribution in [2.45, 2.75) is 50.5 Å². The fourth-order valence-corrected chi connectivity index (χ4v) is 5.48. The second kappa shape index (κ2) is 8.40. The summed E-state index contributed by atoms with van der Waals surface area (Å²) in [5, 5.41) is 0.996. The fourth-order valence-electron chi connectivity index (χ4n) is 4.78. The van der Waals surface area contributed by atoms with E-state index in [0.29, 0.717) is 11.8 Å². The first-order valence-corrected chi connectivity index (χ1v) is 11.8. The summed E-state index contributed by atoms with van der Waals surface area (Å²) in [5.41, 5.74) is 1.92. The van der Waals surface area contributed by atoms with Crippen molar-refractivity contribution < 1.29 is 13.1 Å². The maximum atomic E-state index is 13.1. The SMILES string of the molecule is C=C[C@H]1CN2CC[C@H]1C[C@H]2[C@H](OS(=O)C(C)(C)C)c1ccnc2ccc(OC)cc12. The normalized spacial score (nSPS) is 28.3. The molecule has 1 aromatic heterocycles. The lowest BCUT2D eigenvalue weighted by molar-refractivity contribution is -0.0326. The van der Waals surface area contributed by atoms with Gasteiger partial charge in [0.15, 0.2) is 11.1 Å². The highest BCUT2D eigenvalue weighted by Crippen LogP contribution is 2.44. The van der Waals surface area contributed by atoms with Crippen molar-refractivity contribution in [2.75, 3.05) is 20.2 Å². The number of hydrogen-bond donors (Lipinski definition) is 0. The molecule has 6 atom stereocenters. The molecule has 2 unspecified atom stereocenters. The number of benzene rings is 1. The maximum absolute atomic E-state index is 13.1. The van der Waals surface area contributed by atoms with Crippen molar-refractivity contribution in [1.29, 1.82) is 0 Å². The summed E-state index contributed by atoms with van der Waals surface area (Å²) in [7, 11) is 1.67. The van der Waals surface area contributed by atoms with Crippen LogP contribution in [0.25, 0.3) is 10.9 Å². The third-order valence-corrected chi connectivity index (χ3v) is 7.87. The van der Waals surface area contributed by atoms with Gasteiger partial charge in [0.25, 0.3) is 0 Å². The molecule has 0 N–H and O–H groups in total. The summed E-state index contributed by atoms with van der Waals surface area (Å²) in [6.07, 6.45) is 5.84. The highest BCUT2D eigenvalue weighted by Gasteiger charge is 2.44. The highest BCUT2D eigenvalue weighted by atomic mass is 32.2. The van der Waals surface area contributed by atoms with Gasteiger partial charge >= 0.3 is 0 Å². The lowest BCUT2D eigenvalue weighted by atomic mass is 9.73. The Morgan fingerprint density at radius 3 is 2.77 bits per heavy atom. The van der Waals surface area contributed by atoms with Crippen LogP contribution >= 0.6 is 0 Å². The number of aromatic nitrogens is 1. The Morgan fingerprint density at radius 1 is 1.33 bits per heavy atom. The average molecular weight is 429 g/mol. The molecule has 3 aliphatic rings. The van der Waals surface area contributed by atoms with Crippen molar-refractivity contribution >= 4 is 22.0 Å². The Bertz CT molecular complexity index is 955. The molecule has 3 aliphatic heterocycles. The van der Waals surface area contributed by atoms with Gasteiger partial charge in [0.2, 0.25) is 0 Å². The summed E-state index contributed by atoms with van der Waals surface area (Å²) >= 11 is -1.43. The molecule has 2 aromatic rings. The van der Waals surface area contributed by atoms with Gasteiger partial charge in [0.05, 0.1) is 17.4 Å². The van der Waals surface area contributed by atoms with E-state index in [0.717, 1.165) is 41.7 Å². The quantitative estimate of drug-likeness (QED) is 0.627. The van der Waals surface area contributed by atoms with Gasteiger partial charge in [-0.1, -0.05) is 6.08 Å². The first kappa shape index (κ1) is 21.5. The maximum Gasteiger partial charge on any atom is 0.161 e. The van der Waals surface area contributed by atoms with Gasteiger partial charge in [-0.15, -0.1) is 6.58 Å². The van der Waals surface area contributed by atoms with Gasteiger partial charge in [-0.05, 0) is 81.8 Å². The van der Waals surface area contributed by atoms with E-state index in [1.807, 2.05) is 51.2 Å². The van der Waals surface area contributed by atoms with Gasteiger partial charge in [-0.2, -0.15) is 0 Å². The topological polar surface area (TPSA) is 51.7 Å². The molecule has 3 fully saturated rings. The average Bonchev–Trinajstić information content (AvgIpc) is 2.76. The Hall–Kier alpha value is -1.76. The highest BCUT2D eigenvalue weighted by molar-refractivity contribution is 7.81. The molecule has 1 aromatic carbocycles. The molecule has 5 rings (SSSR count). The number of nitrogens with zero attached hydrogens (tertiary/aromatic N) is 2. The van der Waals surface area contributed by atoms with Crippen LogP contribution in [-0.4, -0.2) is 45.1 Å². The molecular weight excluding hydrogens is 396 g/mol. The lowest BCUT2D eigenvalue weighted by Gasteiger charge is -2.51. The van der Waals surface area contributed by atoms with Crippen LogP contribution in [0.1, 0.15) is 45.3 Å². The molecule has 5 nitrogen and oxygen atoms in total. The minimum absolute atomic E-state index is 0.183. The number of ether oxygens (including phenoxy) is 1. The molecule has 6 heteroatoms. The number of fused-ring (bicyclic) bond motifs is 4. The number of methoxy groups -OCH3 is 1. The van der Waals surface area contributed by atoms with E-state index in [1.54, 1.807) is 7.11 Å². The molecule has 0 spiro atoms. The zero-order valence-corrected chi connectivity index (χ0v) is 19.2. The number of pyridine rings is 1. The molecule has 0 saturated carbocycles. The van der Waals surface area contributed by atoms with Crippen LogP contribution in [0.2, 0.25) is 0 Å². The summed E-state index contributed by atoms with van der Waals surface area (Å²) in [4.78, 5) is 7.04. The lowest BCUT2D eigenvalue weighted by Crippen LogP contribution is -2.55. The van der Waals surface area contributed by atoms with Crippen LogP contribution in [0.3, 0.4) is 0 Å². The van der Waals surface area contributed by atoms with E-state index in [2.05, 4.69) is 22.5 Å². The zero-order valence-electron chi connectivity index (χ0n) is 18.3. The number of hydrogen-bond acceptors (Lipinski definition) is 5.